The van der Waals surface area contributed by atoms with Gasteiger partial charge in [-0.1, -0.05) is 0 Å². The van der Waals surface area contributed by atoms with Gasteiger partial charge in [-0.05, 0) is 31.5 Å². The first-order chi connectivity index (χ1) is 10.5. The lowest BCUT2D eigenvalue weighted by atomic mass is 9.60. The Morgan fingerprint density at radius 2 is 2.14 bits per heavy atom. The standard InChI is InChI=1S/C13H17ClN6OS/c1-18-10-9(5-15-18)11(17-12(14)16-10)20-6-13(7-20)3-8(4-13)19(2)22-21/h5,8,22H,3-4,6-7H2,1-2H3. The van der Waals surface area contributed by atoms with E-state index < -0.39 is 0 Å². The fourth-order valence-corrected chi connectivity index (χ4v) is 4.12. The van der Waals surface area contributed by atoms with E-state index >= 15 is 0 Å². The van der Waals surface area contributed by atoms with E-state index in [4.69, 9.17) is 11.6 Å². The third kappa shape index (κ3) is 2.04. The molecule has 0 bridgehead atoms. The van der Waals surface area contributed by atoms with Crippen molar-refractivity contribution in [2.45, 2.75) is 18.9 Å². The van der Waals surface area contributed by atoms with E-state index in [1.165, 1.54) is 0 Å². The summed E-state index contributed by atoms with van der Waals surface area (Å²) in [7, 11) is 3.74. The van der Waals surface area contributed by atoms with Crippen molar-refractivity contribution in [3.05, 3.63) is 11.5 Å². The second kappa shape index (κ2) is 4.87. The minimum atomic E-state index is 0.108. The van der Waals surface area contributed by atoms with Gasteiger partial charge in [0.2, 0.25) is 5.28 Å². The summed E-state index contributed by atoms with van der Waals surface area (Å²) in [6, 6.07) is 0.425. The van der Waals surface area contributed by atoms with Crippen molar-refractivity contribution in [2.24, 2.45) is 12.5 Å². The first-order valence-electron chi connectivity index (χ1n) is 7.18. The number of rotatable bonds is 3. The van der Waals surface area contributed by atoms with Gasteiger partial charge in [-0.3, -0.25) is 4.68 Å². The molecule has 2 aromatic rings. The summed E-state index contributed by atoms with van der Waals surface area (Å²) in [6.45, 7) is 1.93. The smallest absolute Gasteiger partial charge is 0.226 e. The molecule has 118 valence electrons. The Kier molecular flexibility index (Phi) is 3.18. The van der Waals surface area contributed by atoms with Crippen LogP contribution in [-0.2, 0) is 18.9 Å². The molecule has 7 nitrogen and oxygen atoms in total. The minimum absolute atomic E-state index is 0.108. The third-order valence-corrected chi connectivity index (χ3v) is 5.64. The topological polar surface area (TPSA) is 67.2 Å². The maximum absolute atomic E-state index is 10.9. The number of thiol groups is 1. The van der Waals surface area contributed by atoms with E-state index in [0.29, 0.717) is 11.5 Å². The van der Waals surface area contributed by atoms with E-state index in [2.05, 4.69) is 20.0 Å². The zero-order valence-electron chi connectivity index (χ0n) is 12.4. The Hall–Kier alpha value is -1.25. The molecular weight excluding hydrogens is 324 g/mol. The molecule has 1 saturated heterocycles. The molecule has 2 aromatic heterocycles. The van der Waals surface area contributed by atoms with Crippen LogP contribution in [0.1, 0.15) is 12.8 Å². The zero-order valence-corrected chi connectivity index (χ0v) is 14.1. The molecule has 3 heterocycles. The van der Waals surface area contributed by atoms with Crippen molar-refractivity contribution in [3.63, 3.8) is 0 Å². The van der Waals surface area contributed by atoms with Gasteiger partial charge in [0, 0.05) is 31.6 Å². The van der Waals surface area contributed by atoms with Crippen LogP contribution in [0.25, 0.3) is 11.0 Å². The highest BCUT2D eigenvalue weighted by Crippen LogP contribution is 2.51. The maximum Gasteiger partial charge on any atom is 0.226 e. The van der Waals surface area contributed by atoms with Crippen molar-refractivity contribution < 1.29 is 4.21 Å². The van der Waals surface area contributed by atoms with Gasteiger partial charge in [0.25, 0.3) is 0 Å². The lowest BCUT2D eigenvalue weighted by Gasteiger charge is -2.60. The number of hydrogen-bond acceptors (Lipinski definition) is 5. The number of hydrogen-bond donors (Lipinski definition) is 1. The van der Waals surface area contributed by atoms with E-state index in [1.54, 1.807) is 10.9 Å². The molecule has 22 heavy (non-hydrogen) atoms. The van der Waals surface area contributed by atoms with Gasteiger partial charge < -0.3 is 4.90 Å². The number of nitrogens with zero attached hydrogens (tertiary/aromatic N) is 6. The Morgan fingerprint density at radius 3 is 2.82 bits per heavy atom. The monoisotopic (exact) mass is 340 g/mol. The molecule has 4 rings (SSSR count). The zero-order chi connectivity index (χ0) is 15.5. The number of halogens is 1. The van der Waals surface area contributed by atoms with E-state index in [-0.39, 0.29) is 17.1 Å². The quantitative estimate of drug-likeness (QED) is 0.660. The molecule has 0 radical (unpaired) electrons. The predicted molar refractivity (Wildman–Crippen MR) is 86.3 cm³/mol. The SMILES string of the molecule is CN([SH]=O)C1CC2(C1)CN(c1nc(Cl)nc3c1cnn3C)C2. The third-order valence-electron chi connectivity index (χ3n) is 4.89. The Labute approximate surface area is 136 Å². The summed E-state index contributed by atoms with van der Waals surface area (Å²) >= 11 is 6.16. The van der Waals surface area contributed by atoms with E-state index in [1.807, 2.05) is 18.4 Å². The largest absolute Gasteiger partial charge is 0.355 e. The second-order valence-corrected chi connectivity index (χ2v) is 7.53. The van der Waals surface area contributed by atoms with Crippen molar-refractivity contribution in [3.8, 4) is 0 Å². The first kappa shape index (κ1) is 14.3. The van der Waals surface area contributed by atoms with Crippen LogP contribution < -0.4 is 4.90 Å². The van der Waals surface area contributed by atoms with Crippen molar-refractivity contribution in [1.82, 2.24) is 24.1 Å². The molecule has 0 atom stereocenters. The van der Waals surface area contributed by atoms with Gasteiger partial charge in [0.05, 0.1) is 23.4 Å². The first-order valence-corrected chi connectivity index (χ1v) is 8.32. The summed E-state index contributed by atoms with van der Waals surface area (Å²) in [5.41, 5.74) is 1.10. The highest BCUT2D eigenvalue weighted by atomic mass is 35.5. The van der Waals surface area contributed by atoms with Crippen LogP contribution in [0, 0.1) is 5.41 Å². The predicted octanol–water partition coefficient (Wildman–Crippen LogP) is 0.778. The lowest BCUT2D eigenvalue weighted by Crippen LogP contribution is -2.66. The molecule has 0 amide bonds. The molecule has 2 aliphatic rings. The molecule has 1 saturated carbocycles. The highest BCUT2D eigenvalue weighted by Gasteiger charge is 2.54. The van der Waals surface area contributed by atoms with E-state index in [0.717, 1.165) is 42.8 Å². The van der Waals surface area contributed by atoms with Gasteiger partial charge in [-0.2, -0.15) is 15.1 Å². The lowest BCUT2D eigenvalue weighted by molar-refractivity contribution is 0.0233. The van der Waals surface area contributed by atoms with E-state index in [9.17, 15) is 4.21 Å². The average Bonchev–Trinajstić information content (AvgIpc) is 2.77. The molecule has 0 aromatic carbocycles. The van der Waals surface area contributed by atoms with Crippen LogP contribution >= 0.6 is 11.6 Å². The van der Waals surface area contributed by atoms with Crippen LogP contribution in [0.2, 0.25) is 5.28 Å². The summed E-state index contributed by atoms with van der Waals surface area (Å²) in [6.07, 6.45) is 3.97. The van der Waals surface area contributed by atoms with Crippen LogP contribution in [0.4, 0.5) is 5.82 Å². The van der Waals surface area contributed by atoms with Crippen molar-refractivity contribution in [1.29, 1.82) is 0 Å². The van der Waals surface area contributed by atoms with Crippen molar-refractivity contribution >= 4 is 40.3 Å². The van der Waals surface area contributed by atoms with Crippen LogP contribution in [0.5, 0.6) is 0 Å². The molecule has 0 N–H and O–H groups in total. The summed E-state index contributed by atoms with van der Waals surface area (Å²) in [4.78, 5) is 10.9. The molecule has 1 aliphatic carbocycles. The van der Waals surface area contributed by atoms with Gasteiger partial charge in [0.15, 0.2) is 5.65 Å². The summed E-state index contributed by atoms with van der Waals surface area (Å²) in [5, 5.41) is 5.43. The van der Waals surface area contributed by atoms with Crippen molar-refractivity contribution in [2.75, 3.05) is 25.0 Å². The Morgan fingerprint density at radius 1 is 1.41 bits per heavy atom. The molecule has 9 heteroatoms. The van der Waals surface area contributed by atoms with Crippen LogP contribution in [0.3, 0.4) is 0 Å². The molecule has 1 aliphatic heterocycles. The van der Waals surface area contributed by atoms with Gasteiger partial charge >= 0.3 is 0 Å². The molecular formula is C13H17ClN6OS. The Bertz CT molecular complexity index is 750. The fraction of sp³-hybridized carbons (Fsp3) is 0.615. The maximum atomic E-state index is 10.9. The number of aryl methyl sites for hydroxylation is 1. The second-order valence-electron chi connectivity index (χ2n) is 6.40. The molecule has 2 fully saturated rings. The molecule has 1 spiro atoms. The summed E-state index contributed by atoms with van der Waals surface area (Å²) < 4.78 is 14.5. The number of aromatic nitrogens is 4. The van der Waals surface area contributed by atoms with Crippen LogP contribution in [-0.4, -0.2) is 54.4 Å². The van der Waals surface area contributed by atoms with Crippen LogP contribution in [0.15, 0.2) is 6.20 Å². The minimum Gasteiger partial charge on any atom is -0.355 e. The number of anilines is 1. The average molecular weight is 341 g/mol. The normalized spacial score (nSPS) is 20.6. The van der Waals surface area contributed by atoms with Gasteiger partial charge in [-0.25, -0.2) is 8.51 Å². The van der Waals surface area contributed by atoms with Gasteiger partial charge in [0.1, 0.15) is 5.82 Å². The highest BCUT2D eigenvalue weighted by molar-refractivity contribution is 7.62. The fourth-order valence-electron chi connectivity index (χ4n) is 3.66. The summed E-state index contributed by atoms with van der Waals surface area (Å²) in [5.74, 6) is 0.868. The number of fused-ring (bicyclic) bond motifs is 1. The van der Waals surface area contributed by atoms with Gasteiger partial charge in [-0.15, -0.1) is 0 Å². The Balaban J connectivity index is 1.53. The molecule has 0 unspecified atom stereocenters.